The van der Waals surface area contributed by atoms with Crippen LogP contribution in [-0.4, -0.2) is 32.8 Å². The number of carbonyl (C=O) groups excluding carboxylic acids is 1. The molecule has 10 heteroatoms. The zero-order valence-corrected chi connectivity index (χ0v) is 11.1. The highest BCUT2D eigenvalue weighted by atomic mass is 32.2. The Kier molecular flexibility index (Phi) is 5.26. The fraction of sp³-hybridized carbons (Fsp3) is 0.364. The molecule has 1 amide bonds. The first-order valence-electron chi connectivity index (χ1n) is 5.47. The molecule has 4 nitrogen and oxygen atoms in total. The van der Waals surface area contributed by atoms with E-state index in [0.717, 1.165) is 24.3 Å². The van der Waals surface area contributed by atoms with Gasteiger partial charge in [-0.05, 0) is 17.7 Å². The zero-order chi connectivity index (χ0) is 16.3. The van der Waals surface area contributed by atoms with Crippen molar-refractivity contribution in [2.24, 2.45) is 0 Å². The van der Waals surface area contributed by atoms with Crippen molar-refractivity contribution in [1.29, 1.82) is 0 Å². The lowest BCUT2D eigenvalue weighted by atomic mass is 10.1. The third-order valence-corrected chi connectivity index (χ3v) is 3.74. The molecule has 0 spiro atoms. The Labute approximate surface area is 116 Å². The average Bonchev–Trinajstić information content (AvgIpc) is 2.36. The highest BCUT2D eigenvalue weighted by molar-refractivity contribution is 7.91. The summed E-state index contributed by atoms with van der Waals surface area (Å²) in [6, 6.07) is 3.91. The van der Waals surface area contributed by atoms with Crippen LogP contribution in [0, 0.1) is 0 Å². The number of benzene rings is 1. The smallest absolute Gasteiger partial charge is 0.347 e. The second-order valence-electron chi connectivity index (χ2n) is 4.02. The minimum absolute atomic E-state index is 0.197. The molecule has 0 saturated carbocycles. The molecule has 1 rings (SSSR count). The van der Waals surface area contributed by atoms with Crippen molar-refractivity contribution in [3.8, 4) is 0 Å². The highest BCUT2D eigenvalue weighted by Gasteiger charge is 2.28. The molecule has 118 valence electrons. The largest absolute Gasteiger partial charge is 0.405 e. The molecule has 0 heterocycles. The van der Waals surface area contributed by atoms with Crippen LogP contribution in [0.3, 0.4) is 0 Å². The highest BCUT2D eigenvalue weighted by Crippen LogP contribution is 2.19. The van der Waals surface area contributed by atoms with Crippen LogP contribution in [0.2, 0.25) is 0 Å². The van der Waals surface area contributed by atoms with Gasteiger partial charge in [-0.25, -0.2) is 8.42 Å². The number of nitrogens with one attached hydrogen (secondary N) is 1. The van der Waals surface area contributed by atoms with Gasteiger partial charge in [-0.3, -0.25) is 4.79 Å². The molecule has 21 heavy (non-hydrogen) atoms. The van der Waals surface area contributed by atoms with Crippen LogP contribution in [0.4, 0.5) is 22.0 Å². The van der Waals surface area contributed by atoms with Gasteiger partial charge in [-0.15, -0.1) is 0 Å². The summed E-state index contributed by atoms with van der Waals surface area (Å²) in [6.45, 7) is -1.48. The molecule has 0 aliphatic rings. The number of halogens is 5. The van der Waals surface area contributed by atoms with Crippen molar-refractivity contribution in [2.45, 2.75) is 23.3 Å². The molecule has 0 aliphatic heterocycles. The summed E-state index contributed by atoms with van der Waals surface area (Å²) in [4.78, 5) is 10.6. The molecule has 0 aromatic heterocycles. The molecule has 0 radical (unpaired) electrons. The number of sulfone groups is 1. The van der Waals surface area contributed by atoms with Gasteiger partial charge in [0.05, 0.1) is 11.3 Å². The third kappa shape index (κ3) is 5.29. The van der Waals surface area contributed by atoms with Gasteiger partial charge < -0.3 is 5.32 Å². The molecule has 1 N–H and O–H groups in total. The summed E-state index contributed by atoms with van der Waals surface area (Å²) in [5, 5.41) is 1.63. The minimum Gasteiger partial charge on any atom is -0.347 e. The normalized spacial score (nSPS) is 12.5. The van der Waals surface area contributed by atoms with Crippen LogP contribution in [0.15, 0.2) is 29.2 Å². The monoisotopic (exact) mass is 331 g/mol. The van der Waals surface area contributed by atoms with E-state index >= 15 is 0 Å². The number of alkyl halides is 5. The Morgan fingerprint density at radius 2 is 1.67 bits per heavy atom. The first kappa shape index (κ1) is 17.3. The Morgan fingerprint density at radius 3 is 2.10 bits per heavy atom. The summed E-state index contributed by atoms with van der Waals surface area (Å²) >= 11 is 0. The number of carbonyl (C=O) groups is 1. The quantitative estimate of drug-likeness (QED) is 0.838. The van der Waals surface area contributed by atoms with E-state index in [-0.39, 0.29) is 5.56 Å². The lowest BCUT2D eigenvalue weighted by Crippen LogP contribution is -2.34. The summed E-state index contributed by atoms with van der Waals surface area (Å²) in [5.41, 5.74) is 0.197. The van der Waals surface area contributed by atoms with Crippen molar-refractivity contribution in [2.75, 3.05) is 6.54 Å². The molecule has 0 saturated heterocycles. The summed E-state index contributed by atoms with van der Waals surface area (Å²) < 4.78 is 82.4. The maximum absolute atomic E-state index is 12.3. The van der Waals surface area contributed by atoms with E-state index in [9.17, 15) is 35.2 Å². The maximum Gasteiger partial charge on any atom is 0.405 e. The standard InChI is InChI=1S/C11H10F5NO3S/c12-10(13)21(19,20)8-3-1-7(2-4-8)5-9(18)17-6-11(14,15)16/h1-4,10H,5-6H2,(H,17,18). The molecule has 0 fully saturated rings. The molecular weight excluding hydrogens is 321 g/mol. The summed E-state index contributed by atoms with van der Waals surface area (Å²) in [6.07, 6.45) is -4.96. The number of amides is 1. The topological polar surface area (TPSA) is 63.2 Å². The first-order valence-corrected chi connectivity index (χ1v) is 7.01. The Morgan fingerprint density at radius 1 is 1.14 bits per heavy atom. The van der Waals surface area contributed by atoms with Gasteiger partial charge in [-0.2, -0.15) is 22.0 Å². The SMILES string of the molecule is O=C(Cc1ccc(S(=O)(=O)C(F)F)cc1)NCC(F)(F)F. The minimum atomic E-state index is -4.73. The molecule has 0 unspecified atom stereocenters. The van der Waals surface area contributed by atoms with Gasteiger partial charge in [0, 0.05) is 0 Å². The van der Waals surface area contributed by atoms with Crippen molar-refractivity contribution in [1.82, 2.24) is 5.32 Å². The van der Waals surface area contributed by atoms with Gasteiger partial charge in [-0.1, -0.05) is 12.1 Å². The fourth-order valence-corrected chi connectivity index (χ4v) is 2.07. The van der Waals surface area contributed by atoms with Crippen molar-refractivity contribution in [3.05, 3.63) is 29.8 Å². The van der Waals surface area contributed by atoms with Crippen LogP contribution in [0.25, 0.3) is 0 Å². The van der Waals surface area contributed by atoms with Crippen LogP contribution in [0.5, 0.6) is 0 Å². The average molecular weight is 331 g/mol. The second kappa shape index (κ2) is 6.37. The Balaban J connectivity index is 2.70. The summed E-state index contributed by atoms with van der Waals surface area (Å²) in [7, 11) is -4.73. The fourth-order valence-electron chi connectivity index (χ4n) is 1.35. The van der Waals surface area contributed by atoms with E-state index in [1.807, 2.05) is 0 Å². The van der Waals surface area contributed by atoms with Crippen molar-refractivity contribution >= 4 is 15.7 Å². The Hall–Kier alpha value is -1.71. The molecule has 1 aromatic carbocycles. The van der Waals surface area contributed by atoms with Crippen molar-refractivity contribution in [3.63, 3.8) is 0 Å². The number of hydrogen-bond acceptors (Lipinski definition) is 3. The van der Waals surface area contributed by atoms with Crippen LogP contribution in [0.1, 0.15) is 5.56 Å². The summed E-state index contributed by atoms with van der Waals surface area (Å²) in [5.74, 6) is -4.49. The lowest BCUT2D eigenvalue weighted by molar-refractivity contribution is -0.138. The second-order valence-corrected chi connectivity index (χ2v) is 5.94. The van der Waals surface area contributed by atoms with Crippen LogP contribution in [-0.2, 0) is 21.1 Å². The van der Waals surface area contributed by atoms with E-state index in [0.29, 0.717) is 0 Å². The predicted molar refractivity (Wildman–Crippen MR) is 62.4 cm³/mol. The predicted octanol–water partition coefficient (Wildman–Crippen LogP) is 1.90. The van der Waals surface area contributed by atoms with E-state index in [1.165, 1.54) is 0 Å². The molecule has 0 aliphatic carbocycles. The maximum atomic E-state index is 12.3. The third-order valence-electron chi connectivity index (χ3n) is 2.34. The van der Waals surface area contributed by atoms with E-state index < -0.39 is 45.5 Å². The van der Waals surface area contributed by atoms with E-state index in [4.69, 9.17) is 0 Å². The van der Waals surface area contributed by atoms with Gasteiger partial charge in [0.15, 0.2) is 0 Å². The lowest BCUT2D eigenvalue weighted by Gasteiger charge is -2.08. The van der Waals surface area contributed by atoms with Crippen LogP contribution < -0.4 is 5.32 Å². The van der Waals surface area contributed by atoms with Gasteiger partial charge in [0.25, 0.3) is 0 Å². The molecule has 0 bridgehead atoms. The first-order chi connectivity index (χ1) is 9.52. The van der Waals surface area contributed by atoms with Gasteiger partial charge >= 0.3 is 11.9 Å². The van der Waals surface area contributed by atoms with Gasteiger partial charge in [0.2, 0.25) is 15.7 Å². The Bertz CT molecular complexity index is 595. The molecule has 1 aromatic rings. The zero-order valence-electron chi connectivity index (χ0n) is 10.3. The molecular formula is C11H10F5NO3S. The van der Waals surface area contributed by atoms with Gasteiger partial charge in [0.1, 0.15) is 6.54 Å². The van der Waals surface area contributed by atoms with E-state index in [1.54, 1.807) is 5.32 Å². The van der Waals surface area contributed by atoms with E-state index in [2.05, 4.69) is 0 Å². The van der Waals surface area contributed by atoms with Crippen molar-refractivity contribution < 1.29 is 35.2 Å². The van der Waals surface area contributed by atoms with Crippen LogP contribution >= 0.6 is 0 Å². The molecule has 0 atom stereocenters. The number of rotatable bonds is 5. The number of hydrogen-bond donors (Lipinski definition) is 1.